The molecule has 1 aromatic heterocycles. The van der Waals surface area contributed by atoms with Crippen LogP contribution < -0.4 is 4.74 Å². The maximum Gasteiger partial charge on any atom is 0.133 e. The minimum Gasteiger partial charge on any atom is -0.497 e. The largest absolute Gasteiger partial charge is 0.497 e. The van der Waals surface area contributed by atoms with E-state index in [0.29, 0.717) is 36.4 Å². The van der Waals surface area contributed by atoms with Crippen LogP contribution in [0.1, 0.15) is 31.4 Å². The Morgan fingerprint density at radius 3 is 2.32 bits per heavy atom. The molecule has 1 saturated carbocycles. The van der Waals surface area contributed by atoms with Crippen LogP contribution in [0.5, 0.6) is 5.75 Å². The first-order valence-corrected chi connectivity index (χ1v) is 9.61. The summed E-state index contributed by atoms with van der Waals surface area (Å²) in [4.78, 5) is 11.6. The van der Waals surface area contributed by atoms with Gasteiger partial charge in [0.1, 0.15) is 17.1 Å². The van der Waals surface area contributed by atoms with Crippen LogP contribution in [0.3, 0.4) is 0 Å². The second kappa shape index (κ2) is 7.41. The van der Waals surface area contributed by atoms with Gasteiger partial charge >= 0.3 is 0 Å². The van der Waals surface area contributed by atoms with Crippen LogP contribution in [0, 0.1) is 0 Å². The smallest absolute Gasteiger partial charge is 0.133 e. The fourth-order valence-electron chi connectivity index (χ4n) is 3.55. The average Bonchev–Trinajstić information content (AvgIpc) is 3.17. The lowest BCUT2D eigenvalue weighted by Crippen LogP contribution is -2.32. The number of methoxy groups -OCH3 is 1. The minimum absolute atomic E-state index is 0.192. The number of benzene rings is 2. The summed E-state index contributed by atoms with van der Waals surface area (Å²) in [5.41, 5.74) is 2.14. The zero-order valence-electron chi connectivity index (χ0n) is 15.6. The van der Waals surface area contributed by atoms with E-state index >= 15 is 0 Å². The van der Waals surface area contributed by atoms with Gasteiger partial charge in [-0.25, -0.2) is 4.68 Å². The number of hydrogen-bond donors (Lipinski definition) is 1. The highest BCUT2D eigenvalue weighted by Crippen LogP contribution is 2.37. The van der Waals surface area contributed by atoms with Crippen LogP contribution in [0.4, 0.5) is 0 Å². The first-order valence-electron chi connectivity index (χ1n) is 9.23. The van der Waals surface area contributed by atoms with Gasteiger partial charge in [-0.3, -0.25) is 4.79 Å². The molecule has 0 unspecified atom stereocenters. The number of ether oxygens (including phenoxy) is 1. The van der Waals surface area contributed by atoms with Crippen molar-refractivity contribution in [2.75, 3.05) is 7.11 Å². The Labute approximate surface area is 168 Å². The Balaban J connectivity index is 1.81. The predicted molar refractivity (Wildman–Crippen MR) is 108 cm³/mol. The minimum atomic E-state index is -1.09. The van der Waals surface area contributed by atoms with Crippen LogP contribution in [-0.2, 0) is 10.4 Å². The zero-order valence-corrected chi connectivity index (χ0v) is 16.3. The summed E-state index contributed by atoms with van der Waals surface area (Å²) >= 11 is 6.04. The van der Waals surface area contributed by atoms with Gasteiger partial charge in [0.2, 0.25) is 0 Å². The molecule has 1 heterocycles. The molecular formula is C22H21ClN2O3. The molecule has 6 heteroatoms. The van der Waals surface area contributed by atoms with E-state index in [1.165, 1.54) is 0 Å². The van der Waals surface area contributed by atoms with E-state index in [9.17, 15) is 9.90 Å². The van der Waals surface area contributed by atoms with Gasteiger partial charge in [-0.05, 0) is 67.4 Å². The SMILES string of the molecule is COc1ccc(-c2cc(C3(O)CCC(=O)CC3)nn2-c2ccc(Cl)cc2)cc1. The molecule has 1 fully saturated rings. The normalized spacial score (nSPS) is 16.2. The summed E-state index contributed by atoms with van der Waals surface area (Å²) in [6.45, 7) is 0. The molecule has 28 heavy (non-hydrogen) atoms. The van der Waals surface area contributed by atoms with Gasteiger partial charge in [-0.15, -0.1) is 0 Å². The first kappa shape index (κ1) is 18.7. The number of aromatic nitrogens is 2. The van der Waals surface area contributed by atoms with E-state index in [2.05, 4.69) is 0 Å². The van der Waals surface area contributed by atoms with Crippen molar-refractivity contribution in [2.24, 2.45) is 0 Å². The van der Waals surface area contributed by atoms with E-state index in [4.69, 9.17) is 21.4 Å². The van der Waals surface area contributed by atoms with Crippen molar-refractivity contribution < 1.29 is 14.6 Å². The molecule has 0 bridgehead atoms. The third kappa shape index (κ3) is 3.55. The van der Waals surface area contributed by atoms with Gasteiger partial charge in [-0.1, -0.05) is 11.6 Å². The molecule has 3 aromatic rings. The van der Waals surface area contributed by atoms with Crippen LogP contribution in [0.15, 0.2) is 54.6 Å². The molecule has 0 saturated heterocycles. The van der Waals surface area contributed by atoms with E-state index < -0.39 is 5.60 Å². The third-order valence-corrected chi connectivity index (χ3v) is 5.53. The molecule has 4 rings (SSSR count). The van der Waals surface area contributed by atoms with Crippen molar-refractivity contribution in [3.05, 3.63) is 65.3 Å². The van der Waals surface area contributed by atoms with E-state index in [-0.39, 0.29) is 5.78 Å². The molecule has 0 atom stereocenters. The first-order chi connectivity index (χ1) is 13.5. The summed E-state index contributed by atoms with van der Waals surface area (Å²) in [6, 6.07) is 17.0. The number of hydrogen-bond acceptors (Lipinski definition) is 4. The zero-order chi connectivity index (χ0) is 19.7. The van der Waals surface area contributed by atoms with Gasteiger partial charge in [0, 0.05) is 23.4 Å². The molecule has 1 aliphatic carbocycles. The lowest BCUT2D eigenvalue weighted by molar-refractivity contribution is -0.125. The molecule has 0 aliphatic heterocycles. The van der Waals surface area contributed by atoms with E-state index in [1.807, 2.05) is 59.3 Å². The highest BCUT2D eigenvalue weighted by atomic mass is 35.5. The van der Waals surface area contributed by atoms with Crippen molar-refractivity contribution in [1.82, 2.24) is 9.78 Å². The molecule has 0 spiro atoms. The lowest BCUT2D eigenvalue weighted by Gasteiger charge is -2.29. The van der Waals surface area contributed by atoms with Crippen molar-refractivity contribution in [3.63, 3.8) is 0 Å². The Morgan fingerprint density at radius 2 is 1.71 bits per heavy atom. The predicted octanol–water partition coefficient (Wildman–Crippen LogP) is 4.53. The summed E-state index contributed by atoms with van der Waals surface area (Å²) in [7, 11) is 1.63. The number of carbonyl (C=O) groups is 1. The topological polar surface area (TPSA) is 64.3 Å². The van der Waals surface area contributed by atoms with Gasteiger partial charge in [0.05, 0.1) is 24.2 Å². The van der Waals surface area contributed by atoms with Crippen LogP contribution >= 0.6 is 11.6 Å². The summed E-state index contributed by atoms with van der Waals surface area (Å²) in [5, 5.41) is 16.5. The molecule has 5 nitrogen and oxygen atoms in total. The van der Waals surface area contributed by atoms with Gasteiger partial charge < -0.3 is 9.84 Å². The van der Waals surface area contributed by atoms with Gasteiger partial charge in [0.25, 0.3) is 0 Å². The maximum atomic E-state index is 11.6. The molecule has 144 valence electrons. The fraction of sp³-hybridized carbons (Fsp3) is 0.273. The average molecular weight is 397 g/mol. The van der Waals surface area contributed by atoms with Crippen LogP contribution in [0.2, 0.25) is 5.02 Å². The Kier molecular flexibility index (Phi) is 4.96. The lowest BCUT2D eigenvalue weighted by atomic mass is 9.82. The van der Waals surface area contributed by atoms with Crippen LogP contribution in [0.25, 0.3) is 16.9 Å². The summed E-state index contributed by atoms with van der Waals surface area (Å²) in [5.74, 6) is 0.961. The fourth-order valence-corrected chi connectivity index (χ4v) is 3.68. The molecule has 2 aromatic carbocycles. The number of aliphatic hydroxyl groups is 1. The number of halogens is 1. The van der Waals surface area contributed by atoms with Crippen molar-refractivity contribution in [1.29, 1.82) is 0 Å². The molecular weight excluding hydrogens is 376 g/mol. The Hall–Kier alpha value is -2.63. The second-order valence-corrected chi connectivity index (χ2v) is 7.54. The molecule has 0 radical (unpaired) electrons. The molecule has 1 aliphatic rings. The van der Waals surface area contributed by atoms with Crippen molar-refractivity contribution in [2.45, 2.75) is 31.3 Å². The number of nitrogens with zero attached hydrogens (tertiary/aromatic N) is 2. The van der Waals surface area contributed by atoms with Gasteiger partial charge in [0.15, 0.2) is 0 Å². The number of Topliss-reactive ketones (excluding diaryl/α,β-unsaturated/α-hetero) is 1. The molecule has 0 amide bonds. The number of ketones is 1. The highest BCUT2D eigenvalue weighted by Gasteiger charge is 2.37. The standard InChI is InChI=1S/C22H21ClN2O3/c1-28-19-8-2-15(3-9-19)20-14-21(22(27)12-10-18(26)11-13-22)24-25(20)17-6-4-16(23)5-7-17/h2-9,14,27H,10-13H2,1H3. The van der Waals surface area contributed by atoms with E-state index in [0.717, 1.165) is 22.7 Å². The third-order valence-electron chi connectivity index (χ3n) is 5.28. The summed E-state index contributed by atoms with van der Waals surface area (Å²) in [6.07, 6.45) is 1.54. The monoisotopic (exact) mass is 396 g/mol. The molecule has 1 N–H and O–H groups in total. The maximum absolute atomic E-state index is 11.6. The number of carbonyl (C=O) groups excluding carboxylic acids is 1. The van der Waals surface area contributed by atoms with Crippen molar-refractivity contribution >= 4 is 17.4 Å². The highest BCUT2D eigenvalue weighted by molar-refractivity contribution is 6.30. The number of rotatable bonds is 4. The summed E-state index contributed by atoms with van der Waals surface area (Å²) < 4.78 is 7.06. The van der Waals surface area contributed by atoms with Crippen molar-refractivity contribution in [3.8, 4) is 22.7 Å². The van der Waals surface area contributed by atoms with Gasteiger partial charge in [-0.2, -0.15) is 5.10 Å². The quantitative estimate of drug-likeness (QED) is 0.703. The van der Waals surface area contributed by atoms with Crippen LogP contribution in [-0.4, -0.2) is 27.8 Å². The Morgan fingerprint density at radius 1 is 1.07 bits per heavy atom. The Bertz CT molecular complexity index is 984. The second-order valence-electron chi connectivity index (χ2n) is 7.10. The van der Waals surface area contributed by atoms with E-state index in [1.54, 1.807) is 7.11 Å².